The molecule has 1 aliphatic carbocycles. The molecule has 1 unspecified atom stereocenters. The Balaban J connectivity index is 1.63. The van der Waals surface area contributed by atoms with E-state index in [4.69, 9.17) is 4.84 Å². The van der Waals surface area contributed by atoms with Crippen LogP contribution in [0.1, 0.15) is 19.8 Å². The zero-order valence-electron chi connectivity index (χ0n) is 9.68. The van der Waals surface area contributed by atoms with Gasteiger partial charge in [-0.1, -0.05) is 18.2 Å². The molecule has 5 heteroatoms. The summed E-state index contributed by atoms with van der Waals surface area (Å²) in [5, 5.41) is 2.72. The minimum absolute atomic E-state index is 0.154. The van der Waals surface area contributed by atoms with E-state index in [0.717, 1.165) is 0 Å². The third kappa shape index (κ3) is 3.96. The van der Waals surface area contributed by atoms with Crippen molar-refractivity contribution in [2.24, 2.45) is 5.92 Å². The number of rotatable bonds is 5. The van der Waals surface area contributed by atoms with Gasteiger partial charge in [-0.2, -0.15) is 0 Å². The molecular formula is C12H16N2O3. The quantitative estimate of drug-likeness (QED) is 0.768. The van der Waals surface area contributed by atoms with Gasteiger partial charge < -0.3 is 15.0 Å². The first-order valence-electron chi connectivity index (χ1n) is 5.70. The molecule has 1 atom stereocenters. The fourth-order valence-electron chi connectivity index (χ4n) is 1.52. The van der Waals surface area contributed by atoms with Crippen LogP contribution in [0.25, 0.3) is 0 Å². The lowest BCUT2D eigenvalue weighted by Gasteiger charge is -2.12. The molecule has 1 aliphatic rings. The van der Waals surface area contributed by atoms with Gasteiger partial charge in [0, 0.05) is 11.7 Å². The van der Waals surface area contributed by atoms with Crippen LogP contribution in [0, 0.1) is 5.92 Å². The number of para-hydroxylation sites is 1. The van der Waals surface area contributed by atoms with Crippen LogP contribution in [0.2, 0.25) is 0 Å². The molecule has 0 radical (unpaired) electrons. The van der Waals surface area contributed by atoms with Crippen molar-refractivity contribution in [2.45, 2.75) is 25.8 Å². The molecule has 0 bridgehead atoms. The van der Waals surface area contributed by atoms with E-state index < -0.39 is 6.09 Å². The van der Waals surface area contributed by atoms with Gasteiger partial charge in [0.05, 0.1) is 0 Å². The monoisotopic (exact) mass is 236 g/mol. The fourth-order valence-corrected chi connectivity index (χ4v) is 1.52. The Morgan fingerprint density at radius 2 is 2.06 bits per heavy atom. The fraction of sp³-hybridized carbons (Fsp3) is 0.417. The summed E-state index contributed by atoms with van der Waals surface area (Å²) in [4.78, 5) is 21.0. The van der Waals surface area contributed by atoms with E-state index in [1.54, 1.807) is 12.1 Å². The van der Waals surface area contributed by atoms with Crippen LogP contribution in [0.4, 0.5) is 4.79 Å². The Labute approximate surface area is 100 Å². The Hall–Kier alpha value is -1.75. The van der Waals surface area contributed by atoms with Gasteiger partial charge in [-0.25, -0.2) is 4.79 Å². The van der Waals surface area contributed by atoms with Gasteiger partial charge in [-0.15, -0.1) is 0 Å². The summed E-state index contributed by atoms with van der Waals surface area (Å²) in [5.41, 5.74) is 2.15. The standard InChI is InChI=1S/C12H16N2O3/c1-9(10-7-8-10)13-12(15)17-14-16-11-5-3-2-4-6-11/h2-6,9-10,14H,7-8H2,1H3,(H,13,15). The molecule has 1 aromatic rings. The number of hydrogen-bond donors (Lipinski definition) is 2. The van der Waals surface area contributed by atoms with E-state index in [1.807, 2.05) is 25.1 Å². The Bertz CT molecular complexity index is 365. The molecule has 5 nitrogen and oxygen atoms in total. The average molecular weight is 236 g/mol. The van der Waals surface area contributed by atoms with E-state index in [2.05, 4.69) is 15.8 Å². The van der Waals surface area contributed by atoms with E-state index in [1.165, 1.54) is 12.8 Å². The van der Waals surface area contributed by atoms with Gasteiger partial charge in [0.25, 0.3) is 0 Å². The smallest absolute Gasteiger partial charge is 0.374 e. The highest BCUT2D eigenvalue weighted by molar-refractivity contribution is 5.67. The first kappa shape index (κ1) is 11.7. The van der Waals surface area contributed by atoms with Crippen molar-refractivity contribution in [3.8, 4) is 5.75 Å². The number of carbonyl (C=O) groups excluding carboxylic acids is 1. The van der Waals surface area contributed by atoms with Crippen LogP contribution in [-0.4, -0.2) is 12.1 Å². The molecule has 2 rings (SSSR count). The van der Waals surface area contributed by atoms with Gasteiger partial charge in [0.15, 0.2) is 5.75 Å². The average Bonchev–Trinajstić information content (AvgIpc) is 3.14. The molecule has 17 heavy (non-hydrogen) atoms. The third-order valence-electron chi connectivity index (χ3n) is 2.71. The third-order valence-corrected chi connectivity index (χ3v) is 2.71. The van der Waals surface area contributed by atoms with Crippen molar-refractivity contribution in [1.29, 1.82) is 0 Å². The molecule has 0 aromatic heterocycles. The van der Waals surface area contributed by atoms with Crippen molar-refractivity contribution in [3.05, 3.63) is 30.3 Å². The minimum Gasteiger partial charge on any atom is -0.374 e. The maximum absolute atomic E-state index is 11.3. The van der Waals surface area contributed by atoms with E-state index >= 15 is 0 Å². The molecule has 92 valence electrons. The highest BCUT2D eigenvalue weighted by atomic mass is 16.9. The highest BCUT2D eigenvalue weighted by Gasteiger charge is 2.29. The molecule has 1 aromatic carbocycles. The first-order valence-corrected chi connectivity index (χ1v) is 5.70. The van der Waals surface area contributed by atoms with Crippen LogP contribution in [0.3, 0.4) is 0 Å². The van der Waals surface area contributed by atoms with Gasteiger partial charge in [-0.3, -0.25) is 0 Å². The summed E-state index contributed by atoms with van der Waals surface area (Å²) in [5.74, 6) is 1.17. The highest BCUT2D eigenvalue weighted by Crippen LogP contribution is 2.32. The lowest BCUT2D eigenvalue weighted by molar-refractivity contribution is -0.0571. The van der Waals surface area contributed by atoms with Crippen molar-refractivity contribution < 1.29 is 14.5 Å². The largest absolute Gasteiger partial charge is 0.429 e. The molecule has 2 N–H and O–H groups in total. The van der Waals surface area contributed by atoms with Crippen molar-refractivity contribution in [1.82, 2.24) is 11.0 Å². The number of amides is 1. The SMILES string of the molecule is CC(NC(=O)ONOc1ccccc1)C1CC1. The molecule has 1 amide bonds. The molecule has 1 fully saturated rings. The van der Waals surface area contributed by atoms with Gasteiger partial charge in [0.2, 0.25) is 0 Å². The maximum atomic E-state index is 11.3. The normalized spacial score (nSPS) is 16.1. The number of carbonyl (C=O) groups is 1. The predicted molar refractivity (Wildman–Crippen MR) is 62.0 cm³/mol. The van der Waals surface area contributed by atoms with Gasteiger partial charge in [0.1, 0.15) is 0 Å². The number of benzene rings is 1. The van der Waals surface area contributed by atoms with Crippen LogP contribution >= 0.6 is 0 Å². The molecular weight excluding hydrogens is 220 g/mol. The Kier molecular flexibility index (Phi) is 3.82. The van der Waals surface area contributed by atoms with Gasteiger partial charge >= 0.3 is 6.09 Å². The molecule has 0 saturated heterocycles. The Morgan fingerprint density at radius 3 is 2.71 bits per heavy atom. The second-order valence-electron chi connectivity index (χ2n) is 4.16. The second-order valence-corrected chi connectivity index (χ2v) is 4.16. The summed E-state index contributed by atoms with van der Waals surface area (Å²) >= 11 is 0. The van der Waals surface area contributed by atoms with E-state index in [-0.39, 0.29) is 6.04 Å². The number of nitrogens with one attached hydrogen (secondary N) is 2. The van der Waals surface area contributed by atoms with Crippen molar-refractivity contribution in [3.63, 3.8) is 0 Å². The van der Waals surface area contributed by atoms with E-state index in [9.17, 15) is 4.79 Å². The number of hydrogen-bond acceptors (Lipinski definition) is 4. The minimum atomic E-state index is -0.527. The molecule has 0 spiro atoms. The topological polar surface area (TPSA) is 59.6 Å². The lowest BCUT2D eigenvalue weighted by Crippen LogP contribution is -2.38. The summed E-state index contributed by atoms with van der Waals surface area (Å²) in [6.07, 6.45) is 1.82. The first-order chi connectivity index (χ1) is 8.25. The summed E-state index contributed by atoms with van der Waals surface area (Å²) in [7, 11) is 0. The summed E-state index contributed by atoms with van der Waals surface area (Å²) in [6.45, 7) is 1.97. The lowest BCUT2D eigenvalue weighted by atomic mass is 10.2. The Morgan fingerprint density at radius 1 is 1.35 bits per heavy atom. The van der Waals surface area contributed by atoms with Gasteiger partial charge in [-0.05, 0) is 37.8 Å². The summed E-state index contributed by atoms with van der Waals surface area (Å²) in [6, 6.07) is 9.18. The zero-order chi connectivity index (χ0) is 12.1. The maximum Gasteiger partial charge on any atom is 0.429 e. The van der Waals surface area contributed by atoms with Crippen LogP contribution in [0.15, 0.2) is 30.3 Å². The van der Waals surface area contributed by atoms with Crippen molar-refractivity contribution in [2.75, 3.05) is 0 Å². The molecule has 0 heterocycles. The van der Waals surface area contributed by atoms with Crippen LogP contribution in [0.5, 0.6) is 5.75 Å². The van der Waals surface area contributed by atoms with Crippen molar-refractivity contribution >= 4 is 6.09 Å². The predicted octanol–water partition coefficient (Wildman–Crippen LogP) is 2.01. The molecule has 0 aliphatic heterocycles. The second kappa shape index (κ2) is 5.54. The molecule has 1 saturated carbocycles. The zero-order valence-corrected chi connectivity index (χ0v) is 9.68. The summed E-state index contributed by atoms with van der Waals surface area (Å²) < 4.78 is 0. The van der Waals surface area contributed by atoms with E-state index in [0.29, 0.717) is 11.7 Å². The van der Waals surface area contributed by atoms with Crippen LogP contribution in [-0.2, 0) is 4.84 Å². The van der Waals surface area contributed by atoms with Crippen LogP contribution < -0.4 is 15.8 Å².